The summed E-state index contributed by atoms with van der Waals surface area (Å²) in [5, 5.41) is 1.96. The molecule has 1 amide bonds. The van der Waals surface area contributed by atoms with Gasteiger partial charge in [0.1, 0.15) is 11.2 Å². The van der Waals surface area contributed by atoms with Gasteiger partial charge in [0.05, 0.1) is 11.8 Å². The normalized spacial score (nSPS) is 14.4. The van der Waals surface area contributed by atoms with Crippen LogP contribution in [0.15, 0.2) is 46.8 Å². The molecule has 0 N–H and O–H groups in total. The highest BCUT2D eigenvalue weighted by Gasteiger charge is 2.19. The van der Waals surface area contributed by atoms with E-state index in [9.17, 15) is 9.59 Å². The van der Waals surface area contributed by atoms with Crippen molar-refractivity contribution < 1.29 is 4.79 Å². The number of hydrogen-bond donors (Lipinski definition) is 0. The van der Waals surface area contributed by atoms with Gasteiger partial charge in [-0.1, -0.05) is 30.3 Å². The molecule has 122 valence electrons. The third kappa shape index (κ3) is 2.63. The molecule has 0 radical (unpaired) electrons. The van der Waals surface area contributed by atoms with E-state index >= 15 is 0 Å². The Kier molecular flexibility index (Phi) is 3.90. The van der Waals surface area contributed by atoms with Crippen molar-refractivity contribution in [1.82, 2.24) is 14.5 Å². The van der Waals surface area contributed by atoms with Crippen molar-refractivity contribution in [3.8, 4) is 11.1 Å². The van der Waals surface area contributed by atoms with Gasteiger partial charge in [-0.2, -0.15) is 0 Å². The first-order valence-electron chi connectivity index (χ1n) is 8.04. The highest BCUT2D eigenvalue weighted by molar-refractivity contribution is 7.17. The van der Waals surface area contributed by atoms with Crippen molar-refractivity contribution >= 4 is 27.5 Å². The number of likely N-dealkylation sites (tertiary alicyclic amines) is 1. The first kappa shape index (κ1) is 15.1. The molecule has 4 rings (SSSR count). The molecule has 0 aliphatic carbocycles. The number of benzene rings is 1. The van der Waals surface area contributed by atoms with Crippen LogP contribution in [0.25, 0.3) is 21.3 Å². The van der Waals surface area contributed by atoms with Gasteiger partial charge in [-0.3, -0.25) is 14.2 Å². The average Bonchev–Trinajstić information content (AvgIpc) is 3.28. The minimum Gasteiger partial charge on any atom is -0.341 e. The Morgan fingerprint density at radius 3 is 2.67 bits per heavy atom. The molecular weight excluding hydrogens is 322 g/mol. The van der Waals surface area contributed by atoms with Gasteiger partial charge in [0, 0.05) is 24.0 Å². The molecule has 6 heteroatoms. The minimum atomic E-state index is -0.139. The molecule has 5 nitrogen and oxygen atoms in total. The van der Waals surface area contributed by atoms with Gasteiger partial charge >= 0.3 is 0 Å². The third-order valence-electron chi connectivity index (χ3n) is 4.40. The number of aromatic nitrogens is 2. The second kappa shape index (κ2) is 6.20. The lowest BCUT2D eigenvalue weighted by Crippen LogP contribution is -2.34. The molecule has 1 aromatic carbocycles. The molecule has 3 heterocycles. The molecule has 3 aromatic rings. The molecule has 2 aromatic heterocycles. The van der Waals surface area contributed by atoms with Gasteiger partial charge in [-0.05, 0) is 18.4 Å². The fraction of sp³-hybridized carbons (Fsp3) is 0.278. The van der Waals surface area contributed by atoms with E-state index in [1.807, 2.05) is 40.6 Å². The van der Waals surface area contributed by atoms with E-state index < -0.39 is 0 Å². The Labute approximate surface area is 143 Å². The second-order valence-corrected chi connectivity index (χ2v) is 6.84. The molecule has 0 saturated carbocycles. The SMILES string of the molecule is O=C(Cn1cnc2c(-c3ccccc3)csc2c1=O)N1CCCC1. The van der Waals surface area contributed by atoms with Crippen LogP contribution >= 0.6 is 11.3 Å². The van der Waals surface area contributed by atoms with E-state index in [0.717, 1.165) is 37.1 Å². The number of carbonyl (C=O) groups is 1. The van der Waals surface area contributed by atoms with Crippen molar-refractivity contribution in [2.45, 2.75) is 19.4 Å². The molecule has 1 aliphatic rings. The van der Waals surface area contributed by atoms with E-state index in [2.05, 4.69) is 4.98 Å². The maximum atomic E-state index is 12.7. The highest BCUT2D eigenvalue weighted by Crippen LogP contribution is 2.30. The van der Waals surface area contributed by atoms with Crippen LogP contribution in [0.1, 0.15) is 12.8 Å². The first-order chi connectivity index (χ1) is 11.7. The molecular formula is C18H17N3O2S. The summed E-state index contributed by atoms with van der Waals surface area (Å²) in [6.07, 6.45) is 3.59. The fourth-order valence-electron chi connectivity index (χ4n) is 3.09. The molecule has 0 bridgehead atoms. The number of carbonyl (C=O) groups excluding carboxylic acids is 1. The van der Waals surface area contributed by atoms with Crippen LogP contribution in [0.5, 0.6) is 0 Å². The van der Waals surface area contributed by atoms with Crippen LogP contribution in [-0.4, -0.2) is 33.4 Å². The number of rotatable bonds is 3. The zero-order chi connectivity index (χ0) is 16.5. The van der Waals surface area contributed by atoms with E-state index in [-0.39, 0.29) is 18.0 Å². The predicted octanol–water partition coefficient (Wildman–Crippen LogP) is 2.75. The van der Waals surface area contributed by atoms with Crippen LogP contribution in [-0.2, 0) is 11.3 Å². The molecule has 24 heavy (non-hydrogen) atoms. The van der Waals surface area contributed by atoms with Crippen molar-refractivity contribution in [3.05, 3.63) is 52.4 Å². The molecule has 1 saturated heterocycles. The van der Waals surface area contributed by atoms with Crippen molar-refractivity contribution in [1.29, 1.82) is 0 Å². The maximum Gasteiger partial charge on any atom is 0.271 e. The lowest BCUT2D eigenvalue weighted by atomic mass is 10.1. The van der Waals surface area contributed by atoms with E-state index in [4.69, 9.17) is 0 Å². The summed E-state index contributed by atoms with van der Waals surface area (Å²) in [6, 6.07) is 9.91. The third-order valence-corrected chi connectivity index (χ3v) is 5.35. The number of nitrogens with zero attached hydrogens (tertiary/aromatic N) is 3. The minimum absolute atomic E-state index is 0.00408. The summed E-state index contributed by atoms with van der Waals surface area (Å²) in [5.74, 6) is -0.00408. The lowest BCUT2D eigenvalue weighted by Gasteiger charge is -2.15. The Hall–Kier alpha value is -2.47. The van der Waals surface area contributed by atoms with Crippen molar-refractivity contribution in [3.63, 3.8) is 0 Å². The number of amides is 1. The second-order valence-electron chi connectivity index (χ2n) is 5.96. The summed E-state index contributed by atoms with van der Waals surface area (Å²) in [4.78, 5) is 31.2. The lowest BCUT2D eigenvalue weighted by molar-refractivity contribution is -0.130. The van der Waals surface area contributed by atoms with Crippen LogP contribution in [0.3, 0.4) is 0 Å². The van der Waals surface area contributed by atoms with Crippen molar-refractivity contribution in [2.24, 2.45) is 0 Å². The summed E-state index contributed by atoms with van der Waals surface area (Å²) in [5.41, 5.74) is 2.58. The summed E-state index contributed by atoms with van der Waals surface area (Å²) < 4.78 is 2.03. The molecule has 0 spiro atoms. The van der Waals surface area contributed by atoms with Gasteiger partial charge in [-0.15, -0.1) is 11.3 Å². The molecule has 0 atom stereocenters. The van der Waals surface area contributed by atoms with E-state index in [1.54, 1.807) is 0 Å². The standard InChI is InChI=1S/C18H17N3O2S/c22-15(20-8-4-5-9-20)10-21-12-19-16-14(11-24-17(16)18(21)23)13-6-2-1-3-7-13/h1-3,6-7,11-12H,4-5,8-10H2. The Morgan fingerprint density at radius 1 is 1.17 bits per heavy atom. The Bertz CT molecular complexity index is 940. The molecule has 1 aliphatic heterocycles. The van der Waals surface area contributed by atoms with Gasteiger partial charge in [0.25, 0.3) is 5.56 Å². The smallest absolute Gasteiger partial charge is 0.271 e. The summed E-state index contributed by atoms with van der Waals surface area (Å²) in [7, 11) is 0. The van der Waals surface area contributed by atoms with Crippen LogP contribution in [0.4, 0.5) is 0 Å². The molecule has 1 fully saturated rings. The van der Waals surface area contributed by atoms with Crippen LogP contribution in [0.2, 0.25) is 0 Å². The maximum absolute atomic E-state index is 12.7. The highest BCUT2D eigenvalue weighted by atomic mass is 32.1. The number of thiophene rings is 1. The Balaban J connectivity index is 1.69. The zero-order valence-electron chi connectivity index (χ0n) is 13.1. The summed E-state index contributed by atoms with van der Waals surface area (Å²) >= 11 is 1.39. The fourth-order valence-corrected chi connectivity index (χ4v) is 4.07. The van der Waals surface area contributed by atoms with E-state index in [0.29, 0.717) is 10.2 Å². The summed E-state index contributed by atoms with van der Waals surface area (Å²) in [6.45, 7) is 1.65. The van der Waals surface area contributed by atoms with E-state index in [1.165, 1.54) is 22.2 Å². The largest absolute Gasteiger partial charge is 0.341 e. The monoisotopic (exact) mass is 339 g/mol. The van der Waals surface area contributed by atoms with Gasteiger partial charge < -0.3 is 4.90 Å². The molecule has 0 unspecified atom stereocenters. The van der Waals surface area contributed by atoms with Crippen LogP contribution in [0, 0.1) is 0 Å². The van der Waals surface area contributed by atoms with Gasteiger partial charge in [0.15, 0.2) is 0 Å². The van der Waals surface area contributed by atoms with Gasteiger partial charge in [0.2, 0.25) is 5.91 Å². The van der Waals surface area contributed by atoms with Crippen LogP contribution < -0.4 is 5.56 Å². The number of hydrogen-bond acceptors (Lipinski definition) is 4. The van der Waals surface area contributed by atoms with Crippen molar-refractivity contribution in [2.75, 3.05) is 13.1 Å². The first-order valence-corrected chi connectivity index (χ1v) is 8.92. The topological polar surface area (TPSA) is 55.2 Å². The quantitative estimate of drug-likeness (QED) is 0.737. The average molecular weight is 339 g/mol. The van der Waals surface area contributed by atoms with Gasteiger partial charge in [-0.25, -0.2) is 4.98 Å². The Morgan fingerprint density at radius 2 is 1.92 bits per heavy atom. The zero-order valence-corrected chi connectivity index (χ0v) is 14.0. The number of fused-ring (bicyclic) bond motifs is 1. The predicted molar refractivity (Wildman–Crippen MR) is 95.1 cm³/mol.